The van der Waals surface area contributed by atoms with Gasteiger partial charge in [-0.15, -0.1) is 0 Å². The molecule has 0 spiro atoms. The van der Waals surface area contributed by atoms with Crippen molar-refractivity contribution < 1.29 is 27.5 Å². The largest absolute Gasteiger partial charge is 0.467 e. The molecule has 26 heavy (non-hydrogen) atoms. The molecule has 0 bridgehead atoms. The van der Waals surface area contributed by atoms with Crippen molar-refractivity contribution in [2.75, 3.05) is 13.7 Å². The molecule has 0 heterocycles. The third-order valence-electron chi connectivity index (χ3n) is 4.66. The Kier molecular flexibility index (Phi) is 7.46. The van der Waals surface area contributed by atoms with Crippen molar-refractivity contribution in [2.24, 2.45) is 0 Å². The molecule has 0 aliphatic rings. The average molecular weight is 387 g/mol. The molecule has 146 valence electrons. The van der Waals surface area contributed by atoms with Gasteiger partial charge in [0.15, 0.2) is 20.0 Å². The fourth-order valence-corrected chi connectivity index (χ4v) is 3.02. The van der Waals surface area contributed by atoms with E-state index in [0.29, 0.717) is 0 Å². The molecule has 0 aromatic heterocycles. The lowest BCUT2D eigenvalue weighted by molar-refractivity contribution is -0.143. The normalized spacial score (nSPS) is 13.2. The highest BCUT2D eigenvalue weighted by Crippen LogP contribution is 2.36. The predicted octanol–water partition coefficient (Wildman–Crippen LogP) is 3.65. The minimum absolute atomic E-state index is 0.00169. The Hall–Kier alpha value is -1.80. The molecule has 0 aliphatic heterocycles. The van der Waals surface area contributed by atoms with Crippen LogP contribution in [-0.4, -0.2) is 40.0 Å². The summed E-state index contributed by atoms with van der Waals surface area (Å²) < 4.78 is 37.7. The number of esters is 1. The van der Waals surface area contributed by atoms with Crippen molar-refractivity contribution in [3.63, 3.8) is 0 Å². The van der Waals surface area contributed by atoms with Crippen LogP contribution in [0.15, 0.2) is 18.2 Å². The molecule has 8 heteroatoms. The number of nitrogens with one attached hydrogen (secondary N) is 1. The van der Waals surface area contributed by atoms with Crippen LogP contribution in [0.1, 0.15) is 37.6 Å². The minimum Gasteiger partial charge on any atom is -0.467 e. The van der Waals surface area contributed by atoms with E-state index in [2.05, 4.69) is 43.9 Å². The molecule has 0 fully saturated rings. The van der Waals surface area contributed by atoms with E-state index in [-0.39, 0.29) is 18.1 Å². The number of carbonyl (C=O) groups excluding carboxylic acids is 2. The van der Waals surface area contributed by atoms with Gasteiger partial charge in [0.1, 0.15) is 6.04 Å². The monoisotopic (exact) mass is 387 g/mol. The Morgan fingerprint density at radius 1 is 1.23 bits per heavy atom. The third-order valence-corrected chi connectivity index (χ3v) is 9.20. The standard InChI is InChI=1S/C18H27F2NO4Si/c1-18(2,3)26(5,6)25-11-10-14(17(23)24-4)21-16(22)12-8-7-9-13(19)15(12)20/h7-9,14H,10-11H2,1-6H3,(H,21,22)/t14-/m1/s1. The molecular weight excluding hydrogens is 360 g/mol. The molecule has 1 aromatic carbocycles. The molecule has 1 N–H and O–H groups in total. The van der Waals surface area contributed by atoms with E-state index >= 15 is 0 Å². The van der Waals surface area contributed by atoms with Crippen molar-refractivity contribution in [3.8, 4) is 0 Å². The van der Waals surface area contributed by atoms with Crippen molar-refractivity contribution in [3.05, 3.63) is 35.4 Å². The second-order valence-corrected chi connectivity index (χ2v) is 12.4. The Balaban J connectivity index is 2.81. The van der Waals surface area contributed by atoms with Crippen molar-refractivity contribution >= 4 is 20.2 Å². The zero-order valence-electron chi connectivity index (χ0n) is 16.1. The minimum atomic E-state index is -2.01. The van der Waals surface area contributed by atoms with E-state index in [4.69, 9.17) is 4.43 Å². The van der Waals surface area contributed by atoms with Gasteiger partial charge in [-0.2, -0.15) is 0 Å². The lowest BCUT2D eigenvalue weighted by atomic mass is 10.1. The van der Waals surface area contributed by atoms with E-state index in [1.54, 1.807) is 0 Å². The second-order valence-electron chi connectivity index (χ2n) is 7.55. The maximum Gasteiger partial charge on any atom is 0.328 e. The van der Waals surface area contributed by atoms with Crippen molar-refractivity contribution in [1.82, 2.24) is 5.32 Å². The number of methoxy groups -OCH3 is 1. The summed E-state index contributed by atoms with van der Waals surface area (Å²) in [5.41, 5.74) is -0.468. The van der Waals surface area contributed by atoms with Crippen LogP contribution in [-0.2, 0) is 14.0 Å². The summed E-state index contributed by atoms with van der Waals surface area (Å²) in [6.45, 7) is 10.6. The summed E-state index contributed by atoms with van der Waals surface area (Å²) >= 11 is 0. The first-order chi connectivity index (χ1) is 11.9. The molecule has 0 radical (unpaired) electrons. The number of benzene rings is 1. The molecule has 0 aliphatic carbocycles. The van der Waals surface area contributed by atoms with Crippen LogP contribution in [0.5, 0.6) is 0 Å². The zero-order valence-corrected chi connectivity index (χ0v) is 17.1. The van der Waals surface area contributed by atoms with Gasteiger partial charge in [0.05, 0.1) is 12.7 Å². The Morgan fingerprint density at radius 3 is 2.38 bits per heavy atom. The number of rotatable bonds is 7. The summed E-state index contributed by atoms with van der Waals surface area (Å²) in [6, 6.07) is 2.27. The highest BCUT2D eigenvalue weighted by atomic mass is 28.4. The average Bonchev–Trinajstić information content (AvgIpc) is 2.54. The van der Waals surface area contributed by atoms with E-state index in [1.807, 2.05) is 0 Å². The van der Waals surface area contributed by atoms with Gasteiger partial charge in [-0.25, -0.2) is 13.6 Å². The smallest absolute Gasteiger partial charge is 0.328 e. The molecule has 1 aromatic rings. The van der Waals surface area contributed by atoms with E-state index < -0.39 is 43.4 Å². The fraction of sp³-hybridized carbons (Fsp3) is 0.556. The number of hydrogen-bond donors (Lipinski definition) is 1. The van der Waals surface area contributed by atoms with Gasteiger partial charge in [-0.1, -0.05) is 26.8 Å². The first-order valence-corrected chi connectivity index (χ1v) is 11.3. The van der Waals surface area contributed by atoms with Gasteiger partial charge in [0.2, 0.25) is 0 Å². The zero-order chi connectivity index (χ0) is 20.1. The number of carbonyl (C=O) groups is 2. The second kappa shape index (κ2) is 8.72. The van der Waals surface area contributed by atoms with Crippen LogP contribution < -0.4 is 5.32 Å². The molecule has 1 amide bonds. The topological polar surface area (TPSA) is 64.6 Å². The molecule has 5 nitrogen and oxygen atoms in total. The van der Waals surface area contributed by atoms with Gasteiger partial charge < -0.3 is 14.5 Å². The lowest BCUT2D eigenvalue weighted by Gasteiger charge is -2.36. The Bertz CT molecular complexity index is 659. The van der Waals surface area contributed by atoms with E-state index in [9.17, 15) is 18.4 Å². The van der Waals surface area contributed by atoms with Gasteiger partial charge in [0, 0.05) is 13.0 Å². The van der Waals surface area contributed by atoms with Gasteiger partial charge in [-0.3, -0.25) is 4.79 Å². The number of halogens is 2. The van der Waals surface area contributed by atoms with Crippen LogP contribution in [0.4, 0.5) is 8.78 Å². The van der Waals surface area contributed by atoms with Gasteiger partial charge in [-0.05, 0) is 30.3 Å². The molecule has 1 rings (SSSR count). The van der Waals surface area contributed by atoms with Crippen LogP contribution >= 0.6 is 0 Å². The molecule has 1 atom stereocenters. The predicted molar refractivity (Wildman–Crippen MR) is 97.4 cm³/mol. The van der Waals surface area contributed by atoms with E-state index in [1.165, 1.54) is 13.2 Å². The SMILES string of the molecule is COC(=O)[C@@H](CCO[Si](C)(C)C(C)(C)C)NC(=O)c1cccc(F)c1F. The number of hydrogen-bond acceptors (Lipinski definition) is 4. The summed E-state index contributed by atoms with van der Waals surface area (Å²) in [6.07, 6.45) is 0.169. The molecule has 0 unspecified atom stereocenters. The van der Waals surface area contributed by atoms with Crippen LogP contribution in [0, 0.1) is 11.6 Å². The number of amides is 1. The third kappa shape index (κ3) is 5.60. The maximum absolute atomic E-state index is 13.8. The molecule has 0 saturated heterocycles. The van der Waals surface area contributed by atoms with Crippen molar-refractivity contribution in [2.45, 2.75) is 51.4 Å². The maximum atomic E-state index is 13.8. The lowest BCUT2D eigenvalue weighted by Crippen LogP contribution is -2.45. The Morgan fingerprint density at radius 2 is 1.85 bits per heavy atom. The fourth-order valence-electron chi connectivity index (χ4n) is 1.95. The first-order valence-electron chi connectivity index (χ1n) is 8.37. The summed E-state index contributed by atoms with van der Waals surface area (Å²) in [5, 5.41) is 2.39. The van der Waals surface area contributed by atoms with Gasteiger partial charge in [0.25, 0.3) is 5.91 Å². The summed E-state index contributed by atoms with van der Waals surface area (Å²) in [5.74, 6) is -3.95. The highest BCUT2D eigenvalue weighted by Gasteiger charge is 2.37. The first kappa shape index (κ1) is 22.2. The van der Waals surface area contributed by atoms with E-state index in [0.717, 1.165) is 12.1 Å². The number of ether oxygens (including phenoxy) is 1. The van der Waals surface area contributed by atoms with Gasteiger partial charge >= 0.3 is 5.97 Å². The van der Waals surface area contributed by atoms with Crippen molar-refractivity contribution in [1.29, 1.82) is 0 Å². The highest BCUT2D eigenvalue weighted by molar-refractivity contribution is 6.74. The van der Waals surface area contributed by atoms with Crippen LogP contribution in [0.25, 0.3) is 0 Å². The molecular formula is C18H27F2NO4Si. The van der Waals surface area contributed by atoms with Crippen LogP contribution in [0.3, 0.4) is 0 Å². The summed E-state index contributed by atoms with van der Waals surface area (Å²) in [7, 11) is -0.818. The van der Waals surface area contributed by atoms with Crippen LogP contribution in [0.2, 0.25) is 18.1 Å². The molecule has 0 saturated carbocycles. The summed E-state index contributed by atoms with van der Waals surface area (Å²) in [4.78, 5) is 24.1. The quantitative estimate of drug-likeness (QED) is 0.573. The Labute approximate surface area is 154 Å².